The first kappa shape index (κ1) is 41.5. The Morgan fingerprint density at radius 2 is 0.783 bits per heavy atom. The van der Waals surface area contributed by atoms with Gasteiger partial charge < -0.3 is 18.3 Å². The average molecular weight is 905 g/mol. The summed E-state index contributed by atoms with van der Waals surface area (Å²) in [6, 6.07) is 48.2. The minimum absolute atomic E-state index is 0.125. The van der Waals surface area contributed by atoms with Crippen molar-refractivity contribution in [1.29, 1.82) is 0 Å². The van der Waals surface area contributed by atoms with Crippen LogP contribution in [0.5, 0.6) is 0 Å². The van der Waals surface area contributed by atoms with Crippen LogP contribution >= 0.6 is 0 Å². The highest BCUT2D eigenvalue weighted by Gasteiger charge is 2.26. The standard InChI is InChI=1S/C61H40F4N4/c1-5-19-49-37(7-3)36(6-2)48(8-4)66(49)56-34-58(46(64)32-44(56)62)68-52-28-15-11-22-42(52)60-40(24-17-30-54(60)68)41-25-18-31-55-61(41)43-23-12-16-29-53(43)69(55)59-35-57(45(63)33-47(59)65)67-50-26-13-9-20-38(50)39-21-10-14-27-51(39)67/h5-35H,1-2,4H2,3H3/b37-7-,49-19+. The van der Waals surface area contributed by atoms with Crippen LogP contribution in [-0.4, -0.2) is 18.3 Å². The molecular weight excluding hydrogens is 865 g/mol. The molecule has 12 rings (SSSR count). The van der Waals surface area contributed by atoms with E-state index in [1.54, 1.807) is 41.0 Å². The molecule has 0 radical (unpaired) electrons. The maximum Gasteiger partial charge on any atom is 0.150 e. The SMILES string of the molecule is C=C/C=c1\c(=C/C)c(C=C)c(C=C)n1-c1cc(-n2c3ccccc3c3c(-c4cccc5c4c4ccccc4n5-c4cc(-n5c6ccccc6c6ccccc65)c(F)cc4F)cccc32)c(F)cc1F. The van der Waals surface area contributed by atoms with Crippen LogP contribution in [0.3, 0.4) is 0 Å². The van der Waals surface area contributed by atoms with Gasteiger partial charge in [-0.3, -0.25) is 0 Å². The third-order valence-electron chi connectivity index (χ3n) is 13.5. The van der Waals surface area contributed by atoms with E-state index in [1.807, 2.05) is 160 Å². The van der Waals surface area contributed by atoms with Crippen LogP contribution in [0.1, 0.15) is 18.2 Å². The first-order chi connectivity index (χ1) is 33.8. The van der Waals surface area contributed by atoms with E-state index >= 15 is 17.6 Å². The lowest BCUT2D eigenvalue weighted by molar-refractivity contribution is 0.573. The van der Waals surface area contributed by atoms with E-state index in [0.29, 0.717) is 27.6 Å². The van der Waals surface area contributed by atoms with Crippen molar-refractivity contribution < 1.29 is 17.6 Å². The predicted molar refractivity (Wildman–Crippen MR) is 278 cm³/mol. The molecule has 8 aromatic carbocycles. The molecule has 0 aliphatic rings. The monoisotopic (exact) mass is 904 g/mol. The summed E-state index contributed by atoms with van der Waals surface area (Å²) in [4.78, 5) is 0. The van der Waals surface area contributed by atoms with Gasteiger partial charge in [-0.2, -0.15) is 0 Å². The Kier molecular flexibility index (Phi) is 9.56. The first-order valence-electron chi connectivity index (χ1n) is 22.6. The van der Waals surface area contributed by atoms with Gasteiger partial charge in [0.25, 0.3) is 0 Å². The highest BCUT2D eigenvalue weighted by molar-refractivity contribution is 6.22. The number of allylic oxidation sites excluding steroid dienone is 1. The molecule has 0 aliphatic carbocycles. The number of para-hydroxylation sites is 4. The lowest BCUT2D eigenvalue weighted by Crippen LogP contribution is -2.29. The smallest absolute Gasteiger partial charge is 0.150 e. The maximum atomic E-state index is 16.7. The van der Waals surface area contributed by atoms with Crippen molar-refractivity contribution in [3.63, 3.8) is 0 Å². The summed E-state index contributed by atoms with van der Waals surface area (Å²) >= 11 is 0. The highest BCUT2D eigenvalue weighted by atomic mass is 19.1. The van der Waals surface area contributed by atoms with Crippen molar-refractivity contribution in [2.45, 2.75) is 6.92 Å². The fourth-order valence-electron chi connectivity index (χ4n) is 10.8. The minimum atomic E-state index is -0.754. The fraction of sp³-hybridized carbons (Fsp3) is 0.0164. The van der Waals surface area contributed by atoms with Crippen molar-refractivity contribution in [1.82, 2.24) is 18.3 Å². The van der Waals surface area contributed by atoms with Gasteiger partial charge in [-0.1, -0.05) is 135 Å². The highest BCUT2D eigenvalue weighted by Crippen LogP contribution is 2.45. The Hall–Kier alpha value is -8.88. The number of aromatic nitrogens is 4. The van der Waals surface area contributed by atoms with Crippen LogP contribution in [0.4, 0.5) is 17.6 Å². The number of fused-ring (bicyclic) bond motifs is 9. The van der Waals surface area contributed by atoms with Gasteiger partial charge in [-0.05, 0) is 78.7 Å². The topological polar surface area (TPSA) is 19.7 Å². The van der Waals surface area contributed by atoms with Crippen molar-refractivity contribution in [3.8, 4) is 33.9 Å². The van der Waals surface area contributed by atoms with E-state index in [4.69, 9.17) is 0 Å². The van der Waals surface area contributed by atoms with Gasteiger partial charge >= 0.3 is 0 Å². The average Bonchev–Trinajstić information content (AvgIpc) is 4.09. The molecule has 69 heavy (non-hydrogen) atoms. The second kappa shape index (κ2) is 15.9. The molecule has 0 saturated heterocycles. The Morgan fingerprint density at radius 1 is 0.406 bits per heavy atom. The van der Waals surface area contributed by atoms with Crippen molar-refractivity contribution in [2.75, 3.05) is 0 Å². The molecule has 12 aromatic rings. The summed E-state index contributed by atoms with van der Waals surface area (Å²) in [5, 5.41) is 6.79. The van der Waals surface area contributed by atoms with Crippen molar-refractivity contribution in [3.05, 3.63) is 229 Å². The molecule has 4 heterocycles. The number of nitrogens with zero attached hydrogens (tertiary/aromatic N) is 4. The second-order valence-corrected chi connectivity index (χ2v) is 17.0. The molecule has 0 saturated carbocycles. The van der Waals surface area contributed by atoms with Crippen LogP contribution < -0.4 is 10.6 Å². The van der Waals surface area contributed by atoms with Gasteiger partial charge in [-0.15, -0.1) is 0 Å². The summed E-state index contributed by atoms with van der Waals surface area (Å²) in [6.45, 7) is 13.9. The molecule has 0 N–H and O–H groups in total. The van der Waals surface area contributed by atoms with E-state index in [-0.39, 0.29) is 22.7 Å². The summed E-state index contributed by atoms with van der Waals surface area (Å²) in [7, 11) is 0. The van der Waals surface area contributed by atoms with Crippen molar-refractivity contribution >= 4 is 89.7 Å². The summed E-state index contributed by atoms with van der Waals surface area (Å²) in [6.07, 6.45) is 8.70. The second-order valence-electron chi connectivity index (χ2n) is 17.0. The Morgan fingerprint density at radius 3 is 1.19 bits per heavy atom. The lowest BCUT2D eigenvalue weighted by Gasteiger charge is -2.15. The zero-order valence-corrected chi connectivity index (χ0v) is 37.3. The van der Waals surface area contributed by atoms with E-state index in [9.17, 15) is 0 Å². The van der Waals surface area contributed by atoms with Crippen LogP contribution in [0, 0.1) is 23.3 Å². The Labute approximate surface area is 393 Å². The predicted octanol–water partition coefficient (Wildman–Crippen LogP) is 15.0. The van der Waals surface area contributed by atoms with Gasteiger partial charge in [0, 0.05) is 55.2 Å². The number of hydrogen-bond acceptors (Lipinski definition) is 0. The van der Waals surface area contributed by atoms with E-state index in [0.717, 1.165) is 82.9 Å². The Bertz CT molecular complexity index is 4270. The summed E-state index contributed by atoms with van der Waals surface area (Å²) < 4.78 is 73.5. The van der Waals surface area contributed by atoms with Crippen LogP contribution in [0.25, 0.3) is 124 Å². The number of benzene rings is 8. The van der Waals surface area contributed by atoms with Gasteiger partial charge in [0.2, 0.25) is 0 Å². The maximum absolute atomic E-state index is 16.7. The zero-order chi connectivity index (χ0) is 47.2. The summed E-state index contributed by atoms with van der Waals surface area (Å²) in [5.74, 6) is -2.90. The molecule has 0 atom stereocenters. The number of hydrogen-bond donors (Lipinski definition) is 0. The van der Waals surface area contributed by atoms with Crippen LogP contribution in [0.15, 0.2) is 184 Å². The van der Waals surface area contributed by atoms with E-state index in [2.05, 4.69) is 19.7 Å². The molecule has 0 bridgehead atoms. The van der Waals surface area contributed by atoms with Crippen LogP contribution in [0.2, 0.25) is 0 Å². The first-order valence-corrected chi connectivity index (χ1v) is 22.6. The minimum Gasteiger partial charge on any atom is -0.306 e. The number of rotatable bonds is 8. The molecule has 0 unspecified atom stereocenters. The molecule has 4 aromatic heterocycles. The van der Waals surface area contributed by atoms with E-state index < -0.39 is 23.3 Å². The Balaban J connectivity index is 1.11. The quantitative estimate of drug-likeness (QED) is 0.135. The van der Waals surface area contributed by atoms with E-state index in [1.165, 1.54) is 0 Å². The van der Waals surface area contributed by atoms with Gasteiger partial charge in [-0.25, -0.2) is 17.6 Å². The van der Waals surface area contributed by atoms with Crippen molar-refractivity contribution in [2.24, 2.45) is 0 Å². The van der Waals surface area contributed by atoms with Crippen LogP contribution in [-0.2, 0) is 0 Å². The molecule has 0 aliphatic heterocycles. The van der Waals surface area contributed by atoms with Gasteiger partial charge in [0.1, 0.15) is 23.3 Å². The molecule has 0 amide bonds. The molecule has 332 valence electrons. The summed E-state index contributed by atoms with van der Waals surface area (Å²) in [5.41, 5.74) is 8.19. The fourth-order valence-corrected chi connectivity index (χ4v) is 10.8. The molecule has 0 fully saturated rings. The third kappa shape index (κ3) is 5.95. The normalized spacial score (nSPS) is 12.5. The molecule has 4 nitrogen and oxygen atoms in total. The molecular formula is C61H40F4N4. The number of halogens is 4. The molecule has 0 spiro atoms. The van der Waals surface area contributed by atoms with Gasteiger partial charge in [0.15, 0.2) is 0 Å². The molecule has 8 heteroatoms. The van der Waals surface area contributed by atoms with Gasteiger partial charge in [0.05, 0.1) is 66.9 Å². The zero-order valence-electron chi connectivity index (χ0n) is 37.3. The largest absolute Gasteiger partial charge is 0.306 e. The third-order valence-corrected chi connectivity index (χ3v) is 13.5. The lowest BCUT2D eigenvalue weighted by atomic mass is 9.95.